The maximum atomic E-state index is 14.5. The van der Waals surface area contributed by atoms with Crippen LogP contribution in [0.1, 0.15) is 45.2 Å². The van der Waals surface area contributed by atoms with Gasteiger partial charge in [-0.2, -0.15) is 4.52 Å². The van der Waals surface area contributed by atoms with E-state index in [1.807, 2.05) is 25.7 Å². The van der Waals surface area contributed by atoms with Gasteiger partial charge in [0.15, 0.2) is 11.5 Å². The van der Waals surface area contributed by atoms with Crippen LogP contribution in [0.3, 0.4) is 0 Å². The molecule has 1 unspecified atom stereocenters. The van der Waals surface area contributed by atoms with Crippen LogP contribution in [0, 0.1) is 11.6 Å². The van der Waals surface area contributed by atoms with E-state index in [0.717, 1.165) is 18.6 Å². The van der Waals surface area contributed by atoms with E-state index in [-0.39, 0.29) is 12.1 Å². The zero-order valence-corrected chi connectivity index (χ0v) is 21.7. The standard InChI is InChI=1S/C26H31F2N7O3/c1-26(2,3)38-25(37)33-13-11-32(12-14-33)24(36)30-23-16-29-21-8-9-22(31-35(21)23)34-10-4-5-20(34)18-15-17(27)6-7-19(18)28/h6-9,15-16,20H,4-5,10-14H2,1-3H3,(H,30,36). The van der Waals surface area contributed by atoms with Crippen molar-refractivity contribution in [3.05, 3.63) is 53.7 Å². The number of piperazine rings is 1. The Morgan fingerprint density at radius 1 is 1.03 bits per heavy atom. The number of anilines is 2. The Balaban J connectivity index is 1.28. The van der Waals surface area contributed by atoms with Crippen LogP contribution in [-0.4, -0.2) is 74.8 Å². The molecule has 3 aromatic rings. The molecule has 0 aliphatic carbocycles. The second-order valence-electron chi connectivity index (χ2n) is 10.5. The lowest BCUT2D eigenvalue weighted by Gasteiger charge is -2.35. The summed E-state index contributed by atoms with van der Waals surface area (Å²) in [7, 11) is 0. The number of carbonyl (C=O) groups is 2. The number of nitrogens with one attached hydrogen (secondary N) is 1. The average Bonchev–Trinajstić information content (AvgIpc) is 3.52. The maximum Gasteiger partial charge on any atom is 0.410 e. The summed E-state index contributed by atoms with van der Waals surface area (Å²) in [5.74, 6) is 0.0205. The fourth-order valence-electron chi connectivity index (χ4n) is 4.84. The van der Waals surface area contributed by atoms with Crippen molar-refractivity contribution in [1.82, 2.24) is 24.4 Å². The first-order valence-corrected chi connectivity index (χ1v) is 12.7. The van der Waals surface area contributed by atoms with E-state index < -0.39 is 23.3 Å². The Morgan fingerprint density at radius 3 is 2.50 bits per heavy atom. The Bertz CT molecular complexity index is 1350. The van der Waals surface area contributed by atoms with Crippen molar-refractivity contribution in [3.63, 3.8) is 0 Å². The normalized spacial score (nSPS) is 18.2. The third-order valence-corrected chi connectivity index (χ3v) is 6.67. The topological polar surface area (TPSA) is 95.3 Å². The highest BCUT2D eigenvalue weighted by Gasteiger charge is 2.31. The molecule has 2 aromatic heterocycles. The Hall–Kier alpha value is -3.96. The van der Waals surface area contributed by atoms with Crippen LogP contribution in [0.2, 0.25) is 0 Å². The van der Waals surface area contributed by atoms with Gasteiger partial charge in [-0.05, 0) is 63.9 Å². The minimum absolute atomic E-state index is 0.300. The van der Waals surface area contributed by atoms with Crippen LogP contribution in [0.5, 0.6) is 0 Å². The summed E-state index contributed by atoms with van der Waals surface area (Å²) in [6.45, 7) is 7.52. The van der Waals surface area contributed by atoms with Gasteiger partial charge in [-0.25, -0.2) is 23.4 Å². The first-order valence-electron chi connectivity index (χ1n) is 12.7. The summed E-state index contributed by atoms with van der Waals surface area (Å²) in [6, 6.07) is 6.38. The van der Waals surface area contributed by atoms with Gasteiger partial charge in [-0.1, -0.05) is 0 Å². The third-order valence-electron chi connectivity index (χ3n) is 6.67. The minimum atomic E-state index is -0.582. The smallest absolute Gasteiger partial charge is 0.410 e. The van der Waals surface area contributed by atoms with Gasteiger partial charge in [0, 0.05) is 38.3 Å². The number of amides is 3. The van der Waals surface area contributed by atoms with Crippen molar-refractivity contribution in [1.29, 1.82) is 0 Å². The van der Waals surface area contributed by atoms with E-state index in [1.165, 1.54) is 16.8 Å². The number of rotatable bonds is 3. The van der Waals surface area contributed by atoms with Crippen LogP contribution in [0.15, 0.2) is 36.5 Å². The fourth-order valence-corrected chi connectivity index (χ4v) is 4.84. The zero-order valence-electron chi connectivity index (χ0n) is 21.7. The molecule has 4 heterocycles. The minimum Gasteiger partial charge on any atom is -0.444 e. The summed E-state index contributed by atoms with van der Waals surface area (Å²) >= 11 is 0. The quantitative estimate of drug-likeness (QED) is 0.542. The molecule has 3 amide bonds. The van der Waals surface area contributed by atoms with E-state index in [2.05, 4.69) is 15.4 Å². The number of urea groups is 1. The number of ether oxygens (including phenoxy) is 1. The molecule has 2 aliphatic rings. The van der Waals surface area contributed by atoms with Gasteiger partial charge in [0.2, 0.25) is 0 Å². The van der Waals surface area contributed by atoms with Gasteiger partial charge in [0.25, 0.3) is 0 Å². The van der Waals surface area contributed by atoms with Crippen LogP contribution < -0.4 is 10.2 Å². The Kier molecular flexibility index (Phi) is 6.80. The zero-order chi connectivity index (χ0) is 27.0. The highest BCUT2D eigenvalue weighted by atomic mass is 19.1. The molecular weight excluding hydrogens is 496 g/mol. The van der Waals surface area contributed by atoms with E-state index in [0.29, 0.717) is 62.0 Å². The highest BCUT2D eigenvalue weighted by molar-refractivity contribution is 5.89. The van der Waals surface area contributed by atoms with Gasteiger partial charge in [0.05, 0.1) is 12.2 Å². The fraction of sp³-hybridized carbons (Fsp3) is 0.462. The molecule has 0 radical (unpaired) electrons. The Labute approximate surface area is 219 Å². The third kappa shape index (κ3) is 5.34. The summed E-state index contributed by atoms with van der Waals surface area (Å²) in [5.41, 5.74) is 0.252. The maximum absolute atomic E-state index is 14.5. The second-order valence-corrected chi connectivity index (χ2v) is 10.5. The Morgan fingerprint density at radius 2 is 1.76 bits per heavy atom. The molecule has 38 heavy (non-hydrogen) atoms. The van der Waals surface area contributed by atoms with Crippen LogP contribution in [0.4, 0.5) is 30.0 Å². The second kappa shape index (κ2) is 10.1. The van der Waals surface area contributed by atoms with Crippen LogP contribution in [-0.2, 0) is 4.74 Å². The van der Waals surface area contributed by atoms with E-state index in [1.54, 1.807) is 21.9 Å². The van der Waals surface area contributed by atoms with Gasteiger partial charge < -0.3 is 19.4 Å². The molecule has 2 fully saturated rings. The summed E-state index contributed by atoms with van der Waals surface area (Å²) < 4.78 is 35.3. The number of aromatic nitrogens is 3. The number of fused-ring (bicyclic) bond motifs is 1. The van der Waals surface area contributed by atoms with Gasteiger partial charge >= 0.3 is 12.1 Å². The molecule has 0 spiro atoms. The molecule has 0 bridgehead atoms. The number of hydrogen-bond donors (Lipinski definition) is 1. The number of hydrogen-bond acceptors (Lipinski definition) is 6. The molecule has 2 aliphatic heterocycles. The van der Waals surface area contributed by atoms with Crippen molar-refractivity contribution in [3.8, 4) is 0 Å². The molecule has 12 heteroatoms. The van der Waals surface area contributed by atoms with Gasteiger partial charge in [0.1, 0.15) is 23.1 Å². The van der Waals surface area contributed by atoms with Crippen LogP contribution >= 0.6 is 0 Å². The lowest BCUT2D eigenvalue weighted by atomic mass is 10.0. The first-order chi connectivity index (χ1) is 18.1. The van der Waals surface area contributed by atoms with Crippen molar-refractivity contribution in [2.24, 2.45) is 0 Å². The van der Waals surface area contributed by atoms with E-state index in [9.17, 15) is 18.4 Å². The lowest BCUT2D eigenvalue weighted by Crippen LogP contribution is -2.52. The number of imidazole rings is 1. The predicted molar refractivity (Wildman–Crippen MR) is 137 cm³/mol. The number of carbonyl (C=O) groups excluding carboxylic acids is 2. The monoisotopic (exact) mass is 527 g/mol. The molecule has 202 valence electrons. The SMILES string of the molecule is CC(C)(C)OC(=O)N1CCN(C(=O)Nc2cnc3ccc(N4CCCC4c4cc(F)ccc4F)nn23)CC1. The molecule has 0 saturated carbocycles. The highest BCUT2D eigenvalue weighted by Crippen LogP contribution is 2.36. The van der Waals surface area contributed by atoms with E-state index >= 15 is 0 Å². The molecule has 10 nitrogen and oxygen atoms in total. The molecule has 2 saturated heterocycles. The first kappa shape index (κ1) is 25.7. The number of benzene rings is 1. The summed E-state index contributed by atoms with van der Waals surface area (Å²) in [5, 5.41) is 7.53. The molecule has 1 aromatic carbocycles. The largest absolute Gasteiger partial charge is 0.444 e. The molecular formula is C26H31F2N7O3. The van der Waals surface area contributed by atoms with Gasteiger partial charge in [-0.3, -0.25) is 5.32 Å². The molecule has 1 N–H and O–H groups in total. The number of halogens is 2. The molecule has 1 atom stereocenters. The predicted octanol–water partition coefficient (Wildman–Crippen LogP) is 4.43. The van der Waals surface area contributed by atoms with Crippen LogP contribution in [0.25, 0.3) is 5.65 Å². The van der Waals surface area contributed by atoms with Crippen molar-refractivity contribution in [2.75, 3.05) is 42.9 Å². The molecule has 5 rings (SSSR count). The summed E-state index contributed by atoms with van der Waals surface area (Å²) in [6.07, 6.45) is 2.61. The van der Waals surface area contributed by atoms with Crippen molar-refractivity contribution < 1.29 is 23.1 Å². The van der Waals surface area contributed by atoms with Crippen molar-refractivity contribution in [2.45, 2.75) is 45.3 Å². The average molecular weight is 528 g/mol. The lowest BCUT2D eigenvalue weighted by molar-refractivity contribution is 0.0174. The summed E-state index contributed by atoms with van der Waals surface area (Å²) in [4.78, 5) is 34.8. The number of nitrogens with zero attached hydrogens (tertiary/aromatic N) is 6. The van der Waals surface area contributed by atoms with Crippen molar-refractivity contribution >= 4 is 29.4 Å². The van der Waals surface area contributed by atoms with Gasteiger partial charge in [-0.15, -0.1) is 5.10 Å². The van der Waals surface area contributed by atoms with E-state index in [4.69, 9.17) is 4.74 Å².